The van der Waals surface area contributed by atoms with E-state index in [1.165, 1.54) is 0 Å². The summed E-state index contributed by atoms with van der Waals surface area (Å²) in [6.07, 6.45) is 3.90. The van der Waals surface area contributed by atoms with Crippen molar-refractivity contribution in [1.82, 2.24) is 14.9 Å². The molecule has 0 aliphatic carbocycles. The van der Waals surface area contributed by atoms with E-state index < -0.39 is 0 Å². The summed E-state index contributed by atoms with van der Waals surface area (Å²) in [6, 6.07) is 0. The van der Waals surface area contributed by atoms with Crippen molar-refractivity contribution < 1.29 is 4.79 Å². The summed E-state index contributed by atoms with van der Waals surface area (Å²) in [6.45, 7) is 0.553. The molecule has 5 nitrogen and oxygen atoms in total. The number of aromatic nitrogens is 2. The maximum absolute atomic E-state index is 11.2. The van der Waals surface area contributed by atoms with Gasteiger partial charge in [-0.05, 0) is 22.6 Å². The Bertz CT molecular complexity index is 325. The van der Waals surface area contributed by atoms with Gasteiger partial charge in [-0.3, -0.25) is 4.79 Å². The van der Waals surface area contributed by atoms with Crippen LogP contribution in [0, 0.1) is 3.57 Å². The molecular formula is C9H13IN4O. The van der Waals surface area contributed by atoms with Crippen LogP contribution in [0.4, 0.5) is 5.95 Å². The Kier molecular flexibility index (Phi) is 4.73. The molecule has 0 aromatic carbocycles. The van der Waals surface area contributed by atoms with Gasteiger partial charge >= 0.3 is 0 Å². The SMILES string of the molecule is CN(C)C(=O)CCNc1ncc(I)cn1. The molecule has 0 atom stereocenters. The number of carbonyl (C=O) groups excluding carboxylic acids is 1. The average Bonchev–Trinajstić information content (AvgIpc) is 2.20. The zero-order valence-corrected chi connectivity index (χ0v) is 10.9. The smallest absolute Gasteiger partial charge is 0.223 e. The molecule has 1 N–H and O–H groups in total. The van der Waals surface area contributed by atoms with E-state index in [0.717, 1.165) is 3.57 Å². The number of rotatable bonds is 4. The fourth-order valence-electron chi connectivity index (χ4n) is 0.908. The van der Waals surface area contributed by atoms with Gasteiger partial charge in [0.15, 0.2) is 0 Å². The molecule has 6 heteroatoms. The van der Waals surface area contributed by atoms with Crippen molar-refractivity contribution in [2.75, 3.05) is 26.0 Å². The Labute approximate surface area is 102 Å². The predicted molar refractivity (Wildman–Crippen MR) is 66.5 cm³/mol. The summed E-state index contributed by atoms with van der Waals surface area (Å²) in [5.41, 5.74) is 0. The summed E-state index contributed by atoms with van der Waals surface area (Å²) in [7, 11) is 3.48. The van der Waals surface area contributed by atoms with Crippen LogP contribution in [0.15, 0.2) is 12.4 Å². The number of hydrogen-bond donors (Lipinski definition) is 1. The first-order valence-electron chi connectivity index (χ1n) is 4.51. The average molecular weight is 320 g/mol. The van der Waals surface area contributed by atoms with E-state index in [1.54, 1.807) is 31.4 Å². The molecule has 1 amide bonds. The highest BCUT2D eigenvalue weighted by atomic mass is 127. The molecule has 0 saturated heterocycles. The first kappa shape index (κ1) is 12.2. The second kappa shape index (κ2) is 5.84. The van der Waals surface area contributed by atoms with Crippen LogP contribution in [-0.4, -0.2) is 41.4 Å². The molecule has 0 fully saturated rings. The molecule has 0 aliphatic rings. The van der Waals surface area contributed by atoms with Crippen molar-refractivity contribution in [2.45, 2.75) is 6.42 Å². The van der Waals surface area contributed by atoms with Gasteiger partial charge in [0.05, 0.1) is 0 Å². The largest absolute Gasteiger partial charge is 0.354 e. The second-order valence-electron chi connectivity index (χ2n) is 3.19. The van der Waals surface area contributed by atoms with Crippen molar-refractivity contribution >= 4 is 34.4 Å². The zero-order valence-electron chi connectivity index (χ0n) is 8.70. The first-order valence-corrected chi connectivity index (χ1v) is 5.59. The number of nitrogens with zero attached hydrogens (tertiary/aromatic N) is 3. The van der Waals surface area contributed by atoms with Crippen LogP contribution in [0.1, 0.15) is 6.42 Å². The highest BCUT2D eigenvalue weighted by molar-refractivity contribution is 14.1. The van der Waals surface area contributed by atoms with Gasteiger partial charge in [-0.25, -0.2) is 9.97 Å². The monoisotopic (exact) mass is 320 g/mol. The molecule has 0 saturated carbocycles. The molecule has 15 heavy (non-hydrogen) atoms. The van der Waals surface area contributed by atoms with Gasteiger partial charge < -0.3 is 10.2 Å². The zero-order chi connectivity index (χ0) is 11.3. The van der Waals surface area contributed by atoms with Crippen LogP contribution in [0.2, 0.25) is 0 Å². The number of hydrogen-bond acceptors (Lipinski definition) is 4. The Morgan fingerprint density at radius 1 is 1.47 bits per heavy atom. The molecule has 1 aromatic heterocycles. The van der Waals surface area contributed by atoms with E-state index in [1.807, 2.05) is 0 Å². The van der Waals surface area contributed by atoms with Crippen molar-refractivity contribution in [1.29, 1.82) is 0 Å². The minimum atomic E-state index is 0.0908. The van der Waals surface area contributed by atoms with Crippen LogP contribution in [0.5, 0.6) is 0 Å². The molecule has 0 radical (unpaired) electrons. The van der Waals surface area contributed by atoms with Gasteiger partial charge in [-0.15, -0.1) is 0 Å². The summed E-state index contributed by atoms with van der Waals surface area (Å²) >= 11 is 2.14. The Morgan fingerprint density at radius 3 is 2.60 bits per heavy atom. The van der Waals surface area contributed by atoms with Crippen molar-refractivity contribution in [3.05, 3.63) is 16.0 Å². The van der Waals surface area contributed by atoms with Gasteiger partial charge in [0.2, 0.25) is 11.9 Å². The number of carbonyl (C=O) groups is 1. The van der Waals surface area contributed by atoms with Gasteiger partial charge in [0, 0.05) is 43.0 Å². The van der Waals surface area contributed by atoms with E-state index in [4.69, 9.17) is 0 Å². The quantitative estimate of drug-likeness (QED) is 0.840. The first-order chi connectivity index (χ1) is 7.09. The third kappa shape index (κ3) is 4.41. The van der Waals surface area contributed by atoms with Crippen LogP contribution >= 0.6 is 22.6 Å². The van der Waals surface area contributed by atoms with Gasteiger partial charge in [0.25, 0.3) is 0 Å². The summed E-state index contributed by atoms with van der Waals surface area (Å²) in [4.78, 5) is 20.9. The van der Waals surface area contributed by atoms with Crippen molar-refractivity contribution in [3.63, 3.8) is 0 Å². The topological polar surface area (TPSA) is 58.1 Å². The van der Waals surface area contributed by atoms with Crippen LogP contribution in [0.3, 0.4) is 0 Å². The van der Waals surface area contributed by atoms with E-state index >= 15 is 0 Å². The molecule has 1 rings (SSSR count). The van der Waals surface area contributed by atoms with Gasteiger partial charge in [0.1, 0.15) is 0 Å². The molecule has 0 aliphatic heterocycles. The fourth-order valence-corrected chi connectivity index (χ4v) is 1.19. The second-order valence-corrected chi connectivity index (χ2v) is 4.44. The summed E-state index contributed by atoms with van der Waals surface area (Å²) < 4.78 is 0.988. The molecule has 82 valence electrons. The molecule has 1 aromatic rings. The maximum atomic E-state index is 11.2. The predicted octanol–water partition coefficient (Wildman–Crippen LogP) is 0.971. The van der Waals surface area contributed by atoms with Gasteiger partial charge in [-0.2, -0.15) is 0 Å². The number of amides is 1. The van der Waals surface area contributed by atoms with E-state index in [-0.39, 0.29) is 5.91 Å². The lowest BCUT2D eigenvalue weighted by Crippen LogP contribution is -2.24. The number of nitrogens with one attached hydrogen (secondary N) is 1. The van der Waals surface area contributed by atoms with E-state index in [0.29, 0.717) is 18.9 Å². The lowest BCUT2D eigenvalue weighted by atomic mass is 10.4. The third-order valence-electron chi connectivity index (χ3n) is 1.74. The standard InChI is InChI=1S/C9H13IN4O/c1-14(2)8(15)3-4-11-9-12-5-7(10)6-13-9/h5-6H,3-4H2,1-2H3,(H,11,12,13). The number of halogens is 1. The van der Waals surface area contributed by atoms with Crippen molar-refractivity contribution in [2.24, 2.45) is 0 Å². The summed E-state index contributed by atoms with van der Waals surface area (Å²) in [5, 5.41) is 2.98. The van der Waals surface area contributed by atoms with Crippen LogP contribution in [-0.2, 0) is 4.79 Å². The molecular weight excluding hydrogens is 307 g/mol. The highest BCUT2D eigenvalue weighted by Crippen LogP contribution is 2.02. The molecule has 0 bridgehead atoms. The normalized spacial score (nSPS) is 9.80. The Balaban J connectivity index is 2.32. The molecule has 1 heterocycles. The van der Waals surface area contributed by atoms with E-state index in [2.05, 4.69) is 37.9 Å². The fraction of sp³-hybridized carbons (Fsp3) is 0.444. The van der Waals surface area contributed by atoms with Crippen molar-refractivity contribution in [3.8, 4) is 0 Å². The molecule has 0 spiro atoms. The Morgan fingerprint density at radius 2 is 2.07 bits per heavy atom. The summed E-state index contributed by atoms with van der Waals surface area (Å²) in [5.74, 6) is 0.648. The van der Waals surface area contributed by atoms with Crippen LogP contribution < -0.4 is 5.32 Å². The maximum Gasteiger partial charge on any atom is 0.223 e. The minimum absolute atomic E-state index is 0.0908. The minimum Gasteiger partial charge on any atom is -0.354 e. The van der Waals surface area contributed by atoms with E-state index in [9.17, 15) is 4.79 Å². The highest BCUT2D eigenvalue weighted by Gasteiger charge is 2.03. The lowest BCUT2D eigenvalue weighted by Gasteiger charge is -2.10. The van der Waals surface area contributed by atoms with Gasteiger partial charge in [-0.1, -0.05) is 0 Å². The third-order valence-corrected chi connectivity index (χ3v) is 2.30. The van der Waals surface area contributed by atoms with Crippen LogP contribution in [0.25, 0.3) is 0 Å². The molecule has 0 unspecified atom stereocenters. The lowest BCUT2D eigenvalue weighted by molar-refractivity contribution is -0.128. The number of anilines is 1. The Hall–Kier alpha value is -0.920.